The van der Waals surface area contributed by atoms with E-state index in [-0.39, 0.29) is 0 Å². The van der Waals surface area contributed by atoms with Crippen LogP contribution >= 0.6 is 35.4 Å². The molecule has 0 aliphatic carbocycles. The van der Waals surface area contributed by atoms with Gasteiger partial charge >= 0.3 is 0 Å². The molecule has 0 saturated carbocycles. The van der Waals surface area contributed by atoms with E-state index in [0.29, 0.717) is 21.7 Å². The van der Waals surface area contributed by atoms with Crippen LogP contribution in [0.1, 0.15) is 11.1 Å². The minimum atomic E-state index is 0.528. The third-order valence-electron chi connectivity index (χ3n) is 3.10. The van der Waals surface area contributed by atoms with Crippen molar-refractivity contribution in [1.82, 2.24) is 10.2 Å². The van der Waals surface area contributed by atoms with Crippen molar-refractivity contribution >= 4 is 46.2 Å². The summed E-state index contributed by atoms with van der Waals surface area (Å²) in [5.74, 6) is 0. The maximum absolute atomic E-state index is 5.97. The van der Waals surface area contributed by atoms with Crippen LogP contribution in [0.25, 0.3) is 0 Å². The molecule has 0 unspecified atom stereocenters. The molecule has 0 aromatic heterocycles. The fourth-order valence-electron chi connectivity index (χ4n) is 2.11. The fraction of sp³-hybridized carbons (Fsp3) is 0.235. The molecule has 0 heterocycles. The van der Waals surface area contributed by atoms with Crippen molar-refractivity contribution in [3.63, 3.8) is 0 Å². The van der Waals surface area contributed by atoms with Crippen LogP contribution in [0, 0.1) is 0 Å². The number of benzene rings is 2. The number of halogens is 2. The summed E-state index contributed by atoms with van der Waals surface area (Å²) in [6.07, 6.45) is 0. The minimum absolute atomic E-state index is 0.528. The Morgan fingerprint density at radius 3 is 2.13 bits per heavy atom. The Balaban J connectivity index is 1.86. The van der Waals surface area contributed by atoms with E-state index in [1.807, 2.05) is 0 Å². The van der Waals surface area contributed by atoms with Crippen LogP contribution < -0.4 is 10.6 Å². The van der Waals surface area contributed by atoms with Crippen molar-refractivity contribution in [3.8, 4) is 0 Å². The largest absolute Gasteiger partial charge is 0.358 e. The second-order valence-electron chi connectivity index (χ2n) is 5.52. The number of nitrogens with zero attached hydrogens (tertiary/aromatic N) is 1. The molecule has 3 nitrogen and oxygen atoms in total. The van der Waals surface area contributed by atoms with E-state index in [0.717, 1.165) is 12.2 Å². The van der Waals surface area contributed by atoms with E-state index in [4.69, 9.17) is 35.4 Å². The van der Waals surface area contributed by atoms with E-state index >= 15 is 0 Å². The second kappa shape index (κ2) is 8.50. The molecular formula is C17H19Cl2N3S. The molecule has 0 saturated heterocycles. The molecule has 0 atom stereocenters. The van der Waals surface area contributed by atoms with Gasteiger partial charge in [0.1, 0.15) is 0 Å². The van der Waals surface area contributed by atoms with Gasteiger partial charge in [-0.2, -0.15) is 0 Å². The summed E-state index contributed by atoms with van der Waals surface area (Å²) in [6, 6.07) is 13.7. The number of rotatable bonds is 5. The third-order valence-corrected chi connectivity index (χ3v) is 3.78. The van der Waals surface area contributed by atoms with Gasteiger partial charge in [-0.25, -0.2) is 0 Å². The van der Waals surface area contributed by atoms with Crippen molar-refractivity contribution in [2.45, 2.75) is 13.1 Å². The summed E-state index contributed by atoms with van der Waals surface area (Å²) >= 11 is 17.2. The summed E-state index contributed by atoms with van der Waals surface area (Å²) in [6.45, 7) is 1.59. The molecule has 0 aliphatic heterocycles. The van der Waals surface area contributed by atoms with E-state index in [1.54, 1.807) is 18.2 Å². The second-order valence-corrected chi connectivity index (χ2v) is 6.80. The predicted octanol–water partition coefficient (Wildman–Crippen LogP) is 4.54. The lowest BCUT2D eigenvalue weighted by molar-refractivity contribution is 0.402. The summed E-state index contributed by atoms with van der Waals surface area (Å²) in [5.41, 5.74) is 3.22. The number of thiocarbonyl (C=S) groups is 1. The molecule has 2 aromatic rings. The zero-order valence-electron chi connectivity index (χ0n) is 13.1. The molecule has 0 amide bonds. The Morgan fingerprint density at radius 2 is 1.57 bits per heavy atom. The monoisotopic (exact) mass is 367 g/mol. The zero-order chi connectivity index (χ0) is 16.8. The standard InChI is InChI=1S/C17H19Cl2N3S/c1-22(2)11-13-5-3-12(4-6-13)10-20-17(23)21-16-8-14(18)7-15(19)9-16/h3-9H,10-11H2,1-2H3,(H2,20,21,23). The lowest BCUT2D eigenvalue weighted by Crippen LogP contribution is -2.27. The molecule has 0 bridgehead atoms. The average Bonchev–Trinajstić information content (AvgIpc) is 2.45. The molecule has 2 aromatic carbocycles. The first-order valence-electron chi connectivity index (χ1n) is 7.16. The Labute approximate surface area is 152 Å². The Hall–Kier alpha value is -1.33. The SMILES string of the molecule is CN(C)Cc1ccc(CNC(=S)Nc2cc(Cl)cc(Cl)c2)cc1. The lowest BCUT2D eigenvalue weighted by Gasteiger charge is -2.12. The first-order valence-corrected chi connectivity index (χ1v) is 8.32. The zero-order valence-corrected chi connectivity index (χ0v) is 15.4. The van der Waals surface area contributed by atoms with Gasteiger partial charge in [-0.3, -0.25) is 0 Å². The molecule has 0 aliphatic rings. The van der Waals surface area contributed by atoms with Crippen molar-refractivity contribution in [2.24, 2.45) is 0 Å². The van der Waals surface area contributed by atoms with Crippen molar-refractivity contribution in [3.05, 3.63) is 63.6 Å². The topological polar surface area (TPSA) is 27.3 Å². The molecule has 0 spiro atoms. The maximum Gasteiger partial charge on any atom is 0.171 e. The van der Waals surface area contributed by atoms with E-state index in [9.17, 15) is 0 Å². The number of nitrogens with one attached hydrogen (secondary N) is 2. The summed E-state index contributed by atoms with van der Waals surface area (Å²) in [4.78, 5) is 2.14. The molecule has 2 rings (SSSR count). The fourth-order valence-corrected chi connectivity index (χ4v) is 2.83. The van der Waals surface area contributed by atoms with Gasteiger partial charge in [0.2, 0.25) is 0 Å². The Bertz CT molecular complexity index is 652. The molecule has 0 fully saturated rings. The van der Waals surface area contributed by atoms with Crippen molar-refractivity contribution < 1.29 is 0 Å². The molecule has 0 radical (unpaired) electrons. The van der Waals surface area contributed by atoms with E-state index in [1.165, 1.54) is 11.1 Å². The van der Waals surface area contributed by atoms with E-state index < -0.39 is 0 Å². The number of hydrogen-bond acceptors (Lipinski definition) is 2. The van der Waals surface area contributed by atoms with Gasteiger partial charge in [0, 0.05) is 28.8 Å². The maximum atomic E-state index is 5.97. The van der Waals surface area contributed by atoms with Gasteiger partial charge in [0.25, 0.3) is 0 Å². The highest BCUT2D eigenvalue weighted by Crippen LogP contribution is 2.22. The van der Waals surface area contributed by atoms with Crippen molar-refractivity contribution in [2.75, 3.05) is 19.4 Å². The van der Waals surface area contributed by atoms with Gasteiger partial charge in [0.05, 0.1) is 0 Å². The quantitative estimate of drug-likeness (QED) is 0.758. The lowest BCUT2D eigenvalue weighted by atomic mass is 10.1. The third kappa shape index (κ3) is 6.36. The normalized spacial score (nSPS) is 10.7. The van der Waals surface area contributed by atoms with Crippen LogP contribution in [0.4, 0.5) is 5.69 Å². The van der Waals surface area contributed by atoms with Gasteiger partial charge in [-0.1, -0.05) is 47.5 Å². The van der Waals surface area contributed by atoms with Crippen LogP contribution in [-0.2, 0) is 13.1 Å². The first-order chi connectivity index (χ1) is 10.9. The van der Waals surface area contributed by atoms with Gasteiger partial charge in [-0.05, 0) is 55.6 Å². The van der Waals surface area contributed by atoms with Crippen LogP contribution in [0.2, 0.25) is 10.0 Å². The highest BCUT2D eigenvalue weighted by Gasteiger charge is 2.02. The van der Waals surface area contributed by atoms with Crippen molar-refractivity contribution in [1.29, 1.82) is 0 Å². The van der Waals surface area contributed by atoms with Crippen LogP contribution in [0.15, 0.2) is 42.5 Å². The van der Waals surface area contributed by atoms with Gasteiger partial charge in [0.15, 0.2) is 5.11 Å². The first kappa shape index (κ1) is 18.0. The van der Waals surface area contributed by atoms with E-state index in [2.05, 4.69) is 53.9 Å². The highest BCUT2D eigenvalue weighted by molar-refractivity contribution is 7.80. The number of hydrogen-bond donors (Lipinski definition) is 2. The summed E-state index contributed by atoms with van der Waals surface area (Å²) in [7, 11) is 4.11. The van der Waals surface area contributed by atoms with Crippen LogP contribution in [0.3, 0.4) is 0 Å². The summed E-state index contributed by atoms with van der Waals surface area (Å²) in [5, 5.41) is 7.91. The smallest absolute Gasteiger partial charge is 0.171 e. The minimum Gasteiger partial charge on any atom is -0.358 e. The molecule has 6 heteroatoms. The van der Waals surface area contributed by atoms with Crippen LogP contribution in [-0.4, -0.2) is 24.1 Å². The molecule has 23 heavy (non-hydrogen) atoms. The van der Waals surface area contributed by atoms with Gasteiger partial charge < -0.3 is 15.5 Å². The van der Waals surface area contributed by atoms with Crippen LogP contribution in [0.5, 0.6) is 0 Å². The summed E-state index contributed by atoms with van der Waals surface area (Å²) < 4.78 is 0. The predicted molar refractivity (Wildman–Crippen MR) is 103 cm³/mol. The highest BCUT2D eigenvalue weighted by atomic mass is 35.5. The number of anilines is 1. The molecule has 122 valence electrons. The Morgan fingerprint density at radius 1 is 1.00 bits per heavy atom. The average molecular weight is 368 g/mol. The Kier molecular flexibility index (Phi) is 6.66. The molecular weight excluding hydrogens is 349 g/mol. The van der Waals surface area contributed by atoms with Gasteiger partial charge in [-0.15, -0.1) is 0 Å². The molecule has 2 N–H and O–H groups in total.